The van der Waals surface area contributed by atoms with Gasteiger partial charge in [0.05, 0.1) is 6.20 Å². The zero-order chi connectivity index (χ0) is 12.0. The number of hydrogen-bond acceptors (Lipinski definition) is 2. The van der Waals surface area contributed by atoms with Crippen LogP contribution in [0.2, 0.25) is 0 Å². The van der Waals surface area contributed by atoms with Crippen LogP contribution in [0.3, 0.4) is 0 Å². The largest absolute Gasteiger partial charge is 0.293 e. The lowest BCUT2D eigenvalue weighted by molar-refractivity contribution is 0.700. The molecule has 0 amide bonds. The monoisotopic (exact) mass is 227 g/mol. The standard InChI is InChI=1S/C13H13N3O/c1-3-16-12-11(8-14-15(12)2)9-6-4-5-7-10(9)13(16)17/h4-8H,3H2,1-2H3. The Morgan fingerprint density at radius 2 is 1.88 bits per heavy atom. The van der Waals surface area contributed by atoms with E-state index < -0.39 is 0 Å². The van der Waals surface area contributed by atoms with Crippen molar-refractivity contribution in [1.82, 2.24) is 14.3 Å². The molecule has 4 nitrogen and oxygen atoms in total. The van der Waals surface area contributed by atoms with E-state index in [1.54, 1.807) is 9.25 Å². The highest BCUT2D eigenvalue weighted by Crippen LogP contribution is 2.21. The van der Waals surface area contributed by atoms with Crippen LogP contribution >= 0.6 is 0 Å². The number of fused-ring (bicyclic) bond motifs is 3. The van der Waals surface area contributed by atoms with Gasteiger partial charge in [0.15, 0.2) is 0 Å². The minimum atomic E-state index is 0.0548. The molecule has 2 aromatic heterocycles. The quantitative estimate of drug-likeness (QED) is 0.637. The van der Waals surface area contributed by atoms with Crippen molar-refractivity contribution in [3.8, 4) is 0 Å². The fourth-order valence-electron chi connectivity index (χ4n) is 2.38. The molecule has 0 N–H and O–H groups in total. The van der Waals surface area contributed by atoms with Gasteiger partial charge in [-0.05, 0) is 18.4 Å². The predicted octanol–water partition coefficient (Wildman–Crippen LogP) is 1.91. The zero-order valence-electron chi connectivity index (χ0n) is 9.84. The molecule has 3 rings (SSSR count). The highest BCUT2D eigenvalue weighted by Gasteiger charge is 2.12. The van der Waals surface area contributed by atoms with Gasteiger partial charge in [-0.2, -0.15) is 5.10 Å². The van der Waals surface area contributed by atoms with E-state index in [-0.39, 0.29) is 5.56 Å². The van der Waals surface area contributed by atoms with E-state index in [4.69, 9.17) is 0 Å². The lowest BCUT2D eigenvalue weighted by Gasteiger charge is -2.08. The molecule has 0 atom stereocenters. The Labute approximate surface area is 98.1 Å². The van der Waals surface area contributed by atoms with Gasteiger partial charge in [0, 0.05) is 24.4 Å². The second kappa shape index (κ2) is 3.45. The molecular formula is C13H13N3O. The Bertz CT molecular complexity index is 767. The van der Waals surface area contributed by atoms with Crippen LogP contribution in [0.15, 0.2) is 35.3 Å². The Morgan fingerprint density at radius 3 is 2.59 bits per heavy atom. The fraction of sp³-hybridized carbons (Fsp3) is 0.231. The molecule has 0 bridgehead atoms. The summed E-state index contributed by atoms with van der Waals surface area (Å²) in [5.41, 5.74) is 0.940. The van der Waals surface area contributed by atoms with Gasteiger partial charge in [-0.3, -0.25) is 14.0 Å². The molecule has 0 radical (unpaired) electrons. The average Bonchev–Trinajstić information content (AvgIpc) is 2.73. The maximum atomic E-state index is 12.3. The Hall–Kier alpha value is -2.10. The predicted molar refractivity (Wildman–Crippen MR) is 68.2 cm³/mol. The van der Waals surface area contributed by atoms with Gasteiger partial charge in [0.2, 0.25) is 0 Å². The first-order valence-electron chi connectivity index (χ1n) is 5.67. The molecule has 0 saturated carbocycles. The second-order valence-electron chi connectivity index (χ2n) is 4.10. The second-order valence-corrected chi connectivity index (χ2v) is 4.10. The third kappa shape index (κ3) is 1.24. The third-order valence-corrected chi connectivity index (χ3v) is 3.17. The van der Waals surface area contributed by atoms with Crippen molar-refractivity contribution in [3.05, 3.63) is 40.8 Å². The Balaban J connectivity index is 2.70. The zero-order valence-corrected chi connectivity index (χ0v) is 9.84. The van der Waals surface area contributed by atoms with Crippen LogP contribution < -0.4 is 5.56 Å². The Morgan fingerprint density at radius 1 is 1.18 bits per heavy atom. The highest BCUT2D eigenvalue weighted by molar-refractivity contribution is 6.04. The van der Waals surface area contributed by atoms with Crippen LogP contribution in [-0.2, 0) is 13.6 Å². The molecule has 2 heterocycles. The lowest BCUT2D eigenvalue weighted by Crippen LogP contribution is -2.21. The van der Waals surface area contributed by atoms with E-state index in [1.807, 2.05) is 44.4 Å². The van der Waals surface area contributed by atoms with E-state index in [2.05, 4.69) is 5.10 Å². The molecule has 0 spiro atoms. The van der Waals surface area contributed by atoms with Gasteiger partial charge in [-0.15, -0.1) is 0 Å². The van der Waals surface area contributed by atoms with E-state index in [0.29, 0.717) is 6.54 Å². The SMILES string of the molecule is CCn1c(=O)c2ccccc2c2cnn(C)c21. The molecule has 17 heavy (non-hydrogen) atoms. The van der Waals surface area contributed by atoms with E-state index >= 15 is 0 Å². The summed E-state index contributed by atoms with van der Waals surface area (Å²) in [6.45, 7) is 2.63. The first kappa shape index (κ1) is 10.1. The van der Waals surface area contributed by atoms with Crippen molar-refractivity contribution >= 4 is 21.8 Å². The maximum Gasteiger partial charge on any atom is 0.260 e. The molecule has 0 unspecified atom stereocenters. The summed E-state index contributed by atoms with van der Waals surface area (Å²) in [6.07, 6.45) is 1.82. The first-order valence-corrected chi connectivity index (χ1v) is 5.67. The number of benzene rings is 1. The average molecular weight is 227 g/mol. The van der Waals surface area contributed by atoms with Crippen LogP contribution in [0.4, 0.5) is 0 Å². The minimum absolute atomic E-state index is 0.0548. The maximum absolute atomic E-state index is 12.3. The topological polar surface area (TPSA) is 39.8 Å². The van der Waals surface area contributed by atoms with Crippen LogP contribution in [-0.4, -0.2) is 14.3 Å². The number of rotatable bonds is 1. The van der Waals surface area contributed by atoms with Crippen molar-refractivity contribution in [2.24, 2.45) is 7.05 Å². The van der Waals surface area contributed by atoms with E-state index in [1.165, 1.54) is 0 Å². The first-order chi connectivity index (χ1) is 8.24. The molecule has 4 heteroatoms. The summed E-state index contributed by atoms with van der Waals surface area (Å²) < 4.78 is 3.53. The summed E-state index contributed by atoms with van der Waals surface area (Å²) in [5, 5.41) is 7.02. The van der Waals surface area contributed by atoms with Crippen LogP contribution in [0.5, 0.6) is 0 Å². The summed E-state index contributed by atoms with van der Waals surface area (Å²) in [4.78, 5) is 12.3. The molecule has 0 fully saturated rings. The minimum Gasteiger partial charge on any atom is -0.293 e. The third-order valence-electron chi connectivity index (χ3n) is 3.17. The summed E-state index contributed by atoms with van der Waals surface area (Å²) >= 11 is 0. The number of aryl methyl sites for hydroxylation is 2. The van der Waals surface area contributed by atoms with Crippen molar-refractivity contribution < 1.29 is 0 Å². The van der Waals surface area contributed by atoms with Crippen LogP contribution in [0, 0.1) is 0 Å². The summed E-state index contributed by atoms with van der Waals surface area (Å²) in [5.74, 6) is 0. The van der Waals surface area contributed by atoms with Gasteiger partial charge in [0.25, 0.3) is 5.56 Å². The molecule has 86 valence electrons. The van der Waals surface area contributed by atoms with Crippen LogP contribution in [0.25, 0.3) is 21.8 Å². The van der Waals surface area contributed by atoms with Gasteiger partial charge in [-0.1, -0.05) is 18.2 Å². The Kier molecular flexibility index (Phi) is 2.04. The molecule has 0 aliphatic heterocycles. The fourth-order valence-corrected chi connectivity index (χ4v) is 2.38. The summed E-state index contributed by atoms with van der Waals surface area (Å²) in [7, 11) is 1.86. The number of aromatic nitrogens is 3. The molecule has 3 aromatic rings. The number of nitrogens with zero attached hydrogens (tertiary/aromatic N) is 3. The van der Waals surface area contributed by atoms with Gasteiger partial charge in [0.1, 0.15) is 5.65 Å². The van der Waals surface area contributed by atoms with Crippen molar-refractivity contribution in [1.29, 1.82) is 0 Å². The van der Waals surface area contributed by atoms with Gasteiger partial charge < -0.3 is 0 Å². The van der Waals surface area contributed by atoms with E-state index in [9.17, 15) is 4.79 Å². The normalized spacial score (nSPS) is 11.4. The molecule has 0 aliphatic rings. The van der Waals surface area contributed by atoms with Crippen molar-refractivity contribution in [2.45, 2.75) is 13.5 Å². The molecule has 0 saturated heterocycles. The van der Waals surface area contributed by atoms with Gasteiger partial charge >= 0.3 is 0 Å². The van der Waals surface area contributed by atoms with Gasteiger partial charge in [-0.25, -0.2) is 0 Å². The summed E-state index contributed by atoms with van der Waals surface area (Å²) in [6, 6.07) is 7.69. The number of hydrogen-bond donors (Lipinski definition) is 0. The molecule has 1 aromatic carbocycles. The lowest BCUT2D eigenvalue weighted by atomic mass is 10.1. The van der Waals surface area contributed by atoms with E-state index in [0.717, 1.165) is 21.8 Å². The highest BCUT2D eigenvalue weighted by atomic mass is 16.1. The molecular weight excluding hydrogens is 214 g/mol. The molecule has 0 aliphatic carbocycles. The van der Waals surface area contributed by atoms with Crippen molar-refractivity contribution in [3.63, 3.8) is 0 Å². The van der Waals surface area contributed by atoms with Crippen LogP contribution in [0.1, 0.15) is 6.92 Å². The van der Waals surface area contributed by atoms with Crippen molar-refractivity contribution in [2.75, 3.05) is 0 Å². The number of pyridine rings is 1. The smallest absolute Gasteiger partial charge is 0.260 e.